The Balaban J connectivity index is 1.85. The molecule has 1 aliphatic heterocycles. The van der Waals surface area contributed by atoms with Gasteiger partial charge in [-0.2, -0.15) is 0 Å². The number of aromatic nitrogens is 2. The van der Waals surface area contributed by atoms with E-state index in [1.807, 2.05) is 30.3 Å². The van der Waals surface area contributed by atoms with E-state index in [9.17, 15) is 4.79 Å². The molecule has 1 aromatic heterocycles. The van der Waals surface area contributed by atoms with E-state index in [0.717, 1.165) is 5.56 Å². The van der Waals surface area contributed by atoms with Crippen molar-refractivity contribution in [2.75, 3.05) is 0 Å². The first-order valence-electron chi connectivity index (χ1n) is 7.90. The molecule has 1 aliphatic rings. The lowest BCUT2D eigenvalue weighted by atomic mass is 10.0. The summed E-state index contributed by atoms with van der Waals surface area (Å²) in [5, 5.41) is 3.53. The molecule has 0 radical (unpaired) electrons. The van der Waals surface area contributed by atoms with E-state index in [4.69, 9.17) is 32.5 Å². The number of H-pyrrole nitrogens is 1. The average Bonchev–Trinajstić information content (AvgIpc) is 2.87. The predicted octanol–water partition coefficient (Wildman–Crippen LogP) is 3.81. The Morgan fingerprint density at radius 2 is 1.76 bits per heavy atom. The van der Waals surface area contributed by atoms with Crippen LogP contribution in [-0.2, 0) is 11.3 Å². The number of nitrogens with one attached hydrogen (secondary N) is 1. The molecule has 2 atom stereocenters. The van der Waals surface area contributed by atoms with Crippen LogP contribution in [0.5, 0.6) is 0 Å². The van der Waals surface area contributed by atoms with Gasteiger partial charge in [0.25, 0.3) is 0 Å². The number of hydrogen-bond donors (Lipinski definition) is 1. The number of aromatic amines is 1. The fourth-order valence-corrected chi connectivity index (χ4v) is 3.74. The quantitative estimate of drug-likeness (QED) is 0.690. The number of aryl methyl sites for hydroxylation is 1. The van der Waals surface area contributed by atoms with E-state index in [-0.39, 0.29) is 6.10 Å². The monoisotopic (exact) mass is 377 g/mol. The highest BCUT2D eigenvalue weighted by Crippen LogP contribution is 2.39. The number of rotatable bonds is 2. The van der Waals surface area contributed by atoms with Gasteiger partial charge in [-0.25, -0.2) is 4.79 Å². The summed E-state index contributed by atoms with van der Waals surface area (Å²) in [5.74, 6) is 0. The standard InChI is InChI=1S/C18H14Cl2N2O3/c19-12-7-4-8-13(20)15(12)17-16-18(23)25-21-22(16)10-9-14(24-17)11-5-2-1-3-6-11/h1-8,14,17H,9-10H2/p+1/t14-,17-/m0/s1. The van der Waals surface area contributed by atoms with Crippen molar-refractivity contribution in [1.29, 1.82) is 0 Å². The van der Waals surface area contributed by atoms with E-state index in [2.05, 4.69) is 5.27 Å². The molecule has 0 amide bonds. The van der Waals surface area contributed by atoms with Gasteiger partial charge in [-0.15, -0.1) is 0 Å². The fraction of sp³-hybridized carbons (Fsp3) is 0.222. The molecule has 5 nitrogen and oxygen atoms in total. The third-order valence-corrected chi connectivity index (χ3v) is 5.00. The third-order valence-electron chi connectivity index (χ3n) is 4.35. The van der Waals surface area contributed by atoms with Gasteiger partial charge in [0.2, 0.25) is 0 Å². The van der Waals surface area contributed by atoms with Crippen LogP contribution >= 0.6 is 23.2 Å². The van der Waals surface area contributed by atoms with Gasteiger partial charge in [-0.3, -0.25) is 4.52 Å². The summed E-state index contributed by atoms with van der Waals surface area (Å²) >= 11 is 12.8. The zero-order valence-corrected chi connectivity index (χ0v) is 14.6. The molecule has 25 heavy (non-hydrogen) atoms. The molecule has 0 bridgehead atoms. The van der Waals surface area contributed by atoms with Gasteiger partial charge in [-0.05, 0) is 23.0 Å². The minimum absolute atomic E-state index is 0.203. The second-order valence-electron chi connectivity index (χ2n) is 5.86. The first-order chi connectivity index (χ1) is 12.1. The lowest BCUT2D eigenvalue weighted by Gasteiger charge is -2.21. The van der Waals surface area contributed by atoms with Crippen molar-refractivity contribution < 1.29 is 13.9 Å². The molecule has 0 saturated heterocycles. The summed E-state index contributed by atoms with van der Waals surface area (Å²) in [5.41, 5.74) is 1.46. The van der Waals surface area contributed by atoms with Gasteiger partial charge in [0.1, 0.15) is 0 Å². The molecule has 0 aliphatic carbocycles. The van der Waals surface area contributed by atoms with Gasteiger partial charge in [0, 0.05) is 22.0 Å². The van der Waals surface area contributed by atoms with Crippen molar-refractivity contribution in [2.45, 2.75) is 25.2 Å². The Labute approximate surface area is 153 Å². The van der Waals surface area contributed by atoms with E-state index < -0.39 is 11.7 Å². The number of ether oxygens (including phenoxy) is 1. The van der Waals surface area contributed by atoms with E-state index in [1.165, 1.54) is 0 Å². The van der Waals surface area contributed by atoms with Crippen LogP contribution in [0.3, 0.4) is 0 Å². The molecule has 4 rings (SSSR count). The summed E-state index contributed by atoms with van der Waals surface area (Å²) in [6.45, 7) is 0.555. The Kier molecular flexibility index (Phi) is 4.37. The first kappa shape index (κ1) is 16.4. The Bertz CT molecular complexity index is 932. The van der Waals surface area contributed by atoms with E-state index in [0.29, 0.717) is 34.3 Å². The van der Waals surface area contributed by atoms with Crippen molar-refractivity contribution in [3.05, 3.63) is 85.8 Å². The summed E-state index contributed by atoms with van der Waals surface area (Å²) in [4.78, 5) is 12.3. The van der Waals surface area contributed by atoms with Gasteiger partial charge < -0.3 is 4.74 Å². The molecule has 1 N–H and O–H groups in total. The molecule has 0 unspecified atom stereocenters. The van der Waals surface area contributed by atoms with Crippen molar-refractivity contribution in [2.24, 2.45) is 0 Å². The molecule has 0 saturated carbocycles. The van der Waals surface area contributed by atoms with Gasteiger partial charge in [0.15, 0.2) is 12.6 Å². The maximum Gasteiger partial charge on any atom is 0.433 e. The molecular formula is C18H15Cl2N2O3+. The van der Waals surface area contributed by atoms with Crippen molar-refractivity contribution >= 4 is 23.2 Å². The second kappa shape index (κ2) is 6.67. The van der Waals surface area contributed by atoms with Crippen LogP contribution in [0.4, 0.5) is 0 Å². The van der Waals surface area contributed by atoms with Crippen LogP contribution in [0, 0.1) is 0 Å². The predicted molar refractivity (Wildman–Crippen MR) is 92.7 cm³/mol. The van der Waals surface area contributed by atoms with Gasteiger partial charge >= 0.3 is 11.3 Å². The highest BCUT2D eigenvalue weighted by molar-refractivity contribution is 6.36. The van der Waals surface area contributed by atoms with Crippen molar-refractivity contribution in [1.82, 2.24) is 5.27 Å². The molecule has 2 heterocycles. The number of benzene rings is 2. The maximum atomic E-state index is 12.3. The summed E-state index contributed by atoms with van der Waals surface area (Å²) in [6, 6.07) is 15.1. The third kappa shape index (κ3) is 2.99. The van der Waals surface area contributed by atoms with Crippen LogP contribution in [0.15, 0.2) is 57.8 Å². The highest BCUT2D eigenvalue weighted by atomic mass is 35.5. The van der Waals surface area contributed by atoms with Crippen molar-refractivity contribution in [3.8, 4) is 0 Å². The smallest absolute Gasteiger partial charge is 0.354 e. The zero-order valence-electron chi connectivity index (χ0n) is 13.1. The summed E-state index contributed by atoms with van der Waals surface area (Å²) < 4.78 is 13.0. The number of halogens is 2. The highest BCUT2D eigenvalue weighted by Gasteiger charge is 2.40. The number of fused-ring (bicyclic) bond motifs is 1. The normalized spacial score (nSPS) is 20.1. The Hall–Kier alpha value is -2.08. The Morgan fingerprint density at radius 3 is 2.48 bits per heavy atom. The van der Waals surface area contributed by atoms with E-state index in [1.54, 1.807) is 22.9 Å². The molecule has 128 valence electrons. The Morgan fingerprint density at radius 1 is 1.04 bits per heavy atom. The van der Waals surface area contributed by atoms with Gasteiger partial charge in [-0.1, -0.05) is 64.3 Å². The molecule has 3 aromatic rings. The fourth-order valence-electron chi connectivity index (χ4n) is 3.14. The van der Waals surface area contributed by atoms with Crippen LogP contribution in [0.2, 0.25) is 10.0 Å². The second-order valence-corrected chi connectivity index (χ2v) is 6.67. The molecule has 0 fully saturated rings. The summed E-state index contributed by atoms with van der Waals surface area (Å²) in [6.07, 6.45) is -0.252. The minimum atomic E-state index is -0.726. The first-order valence-corrected chi connectivity index (χ1v) is 8.66. The lowest BCUT2D eigenvalue weighted by Crippen LogP contribution is -2.41. The van der Waals surface area contributed by atoms with Crippen LogP contribution in [-0.4, -0.2) is 5.27 Å². The van der Waals surface area contributed by atoms with Gasteiger partial charge in [0.05, 0.1) is 6.10 Å². The van der Waals surface area contributed by atoms with Crippen LogP contribution in [0.25, 0.3) is 0 Å². The maximum absolute atomic E-state index is 12.3. The number of nitrogens with zero attached hydrogens (tertiary/aromatic N) is 1. The topological polar surface area (TPSA) is 59.1 Å². The summed E-state index contributed by atoms with van der Waals surface area (Å²) in [7, 11) is 0. The molecule has 7 heteroatoms. The zero-order chi connectivity index (χ0) is 17.4. The van der Waals surface area contributed by atoms with Crippen LogP contribution in [0.1, 0.15) is 35.4 Å². The lowest BCUT2D eigenvalue weighted by molar-refractivity contribution is -0.768. The SMILES string of the molecule is O=c1o[nH][n+]2c1[C@H](c1c(Cl)cccc1Cl)O[C@H](c1ccccc1)CC2. The van der Waals surface area contributed by atoms with Crippen LogP contribution < -0.4 is 10.3 Å². The molecular weight excluding hydrogens is 363 g/mol. The van der Waals surface area contributed by atoms with E-state index >= 15 is 0 Å². The molecule has 0 spiro atoms. The minimum Gasteiger partial charge on any atom is -0.354 e. The average molecular weight is 378 g/mol. The van der Waals surface area contributed by atoms with Crippen molar-refractivity contribution in [3.63, 3.8) is 0 Å². The number of hydrogen-bond acceptors (Lipinski definition) is 3. The molecule has 2 aromatic carbocycles. The largest absolute Gasteiger partial charge is 0.433 e.